The number of carboxylic acid groups (broad SMARTS) is 1. The third kappa shape index (κ3) is 3.14. The van der Waals surface area contributed by atoms with E-state index in [2.05, 4.69) is 15.0 Å². The molecule has 0 fully saturated rings. The van der Waals surface area contributed by atoms with Crippen LogP contribution in [0.25, 0.3) is 22.8 Å². The predicted molar refractivity (Wildman–Crippen MR) is 83.5 cm³/mol. The van der Waals surface area contributed by atoms with E-state index >= 15 is 0 Å². The molecule has 1 atom stereocenters. The summed E-state index contributed by atoms with van der Waals surface area (Å²) < 4.78 is 1.80. The van der Waals surface area contributed by atoms with Crippen LogP contribution in [0.2, 0.25) is 0 Å². The van der Waals surface area contributed by atoms with Gasteiger partial charge in [0.15, 0.2) is 11.9 Å². The van der Waals surface area contributed by atoms with Crippen LogP contribution in [0, 0.1) is 0 Å². The van der Waals surface area contributed by atoms with Crippen LogP contribution in [0.3, 0.4) is 0 Å². The number of rotatable bonds is 6. The Labute approximate surface area is 132 Å². The van der Waals surface area contributed by atoms with Crippen LogP contribution in [0.4, 0.5) is 0 Å². The van der Waals surface area contributed by atoms with Crippen LogP contribution in [0.1, 0.15) is 6.42 Å². The molecule has 0 aliphatic carbocycles. The maximum absolute atomic E-state index is 10.8. The maximum Gasteiger partial charge on any atom is 0.332 e. The molecule has 3 aromatic rings. The molecule has 0 amide bonds. The summed E-state index contributed by atoms with van der Waals surface area (Å²) in [5, 5.41) is 18.3. The first-order valence-electron chi connectivity index (χ1n) is 7.18. The normalized spacial score (nSPS) is 12.2. The van der Waals surface area contributed by atoms with Crippen LogP contribution in [-0.4, -0.2) is 41.8 Å². The summed E-state index contributed by atoms with van der Waals surface area (Å²) in [7, 11) is 0. The van der Waals surface area contributed by atoms with Crippen LogP contribution in [0.15, 0.2) is 49.1 Å². The Balaban J connectivity index is 1.97. The summed E-state index contributed by atoms with van der Waals surface area (Å²) in [6.45, 7) is 0.323. The highest BCUT2D eigenvalue weighted by Crippen LogP contribution is 2.29. The predicted octanol–water partition coefficient (Wildman–Crippen LogP) is 1.78. The fourth-order valence-electron chi connectivity index (χ4n) is 2.39. The van der Waals surface area contributed by atoms with E-state index in [1.165, 1.54) is 0 Å². The number of nitrogens with zero attached hydrogens (tertiary/aromatic N) is 3. The lowest BCUT2D eigenvalue weighted by Crippen LogP contribution is -2.21. The molecule has 0 saturated heterocycles. The van der Waals surface area contributed by atoms with Gasteiger partial charge in [0.05, 0.1) is 12.0 Å². The van der Waals surface area contributed by atoms with E-state index in [9.17, 15) is 9.90 Å². The molecule has 0 aliphatic heterocycles. The Morgan fingerprint density at radius 3 is 2.70 bits per heavy atom. The Morgan fingerprint density at radius 2 is 2.04 bits per heavy atom. The number of aliphatic hydroxyl groups excluding tert-OH is 1. The summed E-state index contributed by atoms with van der Waals surface area (Å²) >= 11 is 0. The van der Waals surface area contributed by atoms with Gasteiger partial charge < -0.3 is 19.8 Å². The topological polar surface area (TPSA) is 104 Å². The number of aromatic amines is 1. The number of benzene rings is 1. The number of aryl methyl sites for hydroxylation is 1. The highest BCUT2D eigenvalue weighted by molar-refractivity contribution is 5.75. The van der Waals surface area contributed by atoms with Crippen molar-refractivity contribution in [2.45, 2.75) is 19.1 Å². The third-order valence-electron chi connectivity index (χ3n) is 3.54. The van der Waals surface area contributed by atoms with Gasteiger partial charge in [-0.3, -0.25) is 0 Å². The van der Waals surface area contributed by atoms with Crippen molar-refractivity contribution >= 4 is 5.97 Å². The summed E-state index contributed by atoms with van der Waals surface area (Å²) in [4.78, 5) is 22.5. The van der Waals surface area contributed by atoms with Crippen molar-refractivity contribution < 1.29 is 15.0 Å². The molecule has 3 N–H and O–H groups in total. The quantitative estimate of drug-likeness (QED) is 0.643. The van der Waals surface area contributed by atoms with E-state index in [1.54, 1.807) is 23.3 Å². The zero-order valence-corrected chi connectivity index (χ0v) is 12.3. The Hall–Kier alpha value is -2.93. The molecule has 0 spiro atoms. The second-order valence-electron chi connectivity index (χ2n) is 5.08. The molecule has 7 nitrogen and oxygen atoms in total. The van der Waals surface area contributed by atoms with Crippen molar-refractivity contribution in [3.05, 3.63) is 49.1 Å². The lowest BCUT2D eigenvalue weighted by molar-refractivity contribution is -0.147. The van der Waals surface area contributed by atoms with E-state index in [-0.39, 0.29) is 6.42 Å². The largest absolute Gasteiger partial charge is 0.479 e. The van der Waals surface area contributed by atoms with Gasteiger partial charge in [0.25, 0.3) is 0 Å². The Kier molecular flexibility index (Phi) is 4.20. The van der Waals surface area contributed by atoms with Gasteiger partial charge in [-0.2, -0.15) is 0 Å². The summed E-state index contributed by atoms with van der Waals surface area (Å²) in [5.74, 6) is -0.584. The van der Waals surface area contributed by atoms with Gasteiger partial charge in [0, 0.05) is 30.9 Å². The number of aromatic nitrogens is 4. The van der Waals surface area contributed by atoms with E-state index in [0.29, 0.717) is 12.4 Å². The summed E-state index contributed by atoms with van der Waals surface area (Å²) in [6, 6.07) is 9.68. The molecule has 1 aromatic carbocycles. The number of carboxylic acids is 1. The SMILES string of the molecule is O=C(O)[C@@H](O)CCn1cnc(-c2ccccc2)c1-c1ncc[nH]1. The third-order valence-corrected chi connectivity index (χ3v) is 3.54. The zero-order chi connectivity index (χ0) is 16.2. The van der Waals surface area contributed by atoms with Crippen molar-refractivity contribution in [3.63, 3.8) is 0 Å². The van der Waals surface area contributed by atoms with Crippen LogP contribution < -0.4 is 0 Å². The minimum Gasteiger partial charge on any atom is -0.479 e. The molecule has 7 heteroatoms. The number of imidazole rings is 2. The summed E-state index contributed by atoms with van der Waals surface area (Å²) in [6.07, 6.45) is 3.69. The molecule has 23 heavy (non-hydrogen) atoms. The summed E-state index contributed by atoms with van der Waals surface area (Å²) in [5.41, 5.74) is 2.46. The monoisotopic (exact) mass is 312 g/mol. The Morgan fingerprint density at radius 1 is 1.26 bits per heavy atom. The first kappa shape index (κ1) is 15.0. The van der Waals surface area contributed by atoms with E-state index in [4.69, 9.17) is 5.11 Å². The van der Waals surface area contributed by atoms with Crippen LogP contribution >= 0.6 is 0 Å². The van der Waals surface area contributed by atoms with Gasteiger partial charge in [0.2, 0.25) is 0 Å². The molecule has 2 aromatic heterocycles. The number of nitrogens with one attached hydrogen (secondary N) is 1. The van der Waals surface area contributed by atoms with E-state index in [0.717, 1.165) is 17.0 Å². The molecule has 0 unspecified atom stereocenters. The smallest absolute Gasteiger partial charge is 0.332 e. The minimum atomic E-state index is -1.40. The van der Waals surface area contributed by atoms with Gasteiger partial charge in [0.1, 0.15) is 5.69 Å². The number of aliphatic hydroxyl groups is 1. The molecule has 0 radical (unpaired) electrons. The molecular weight excluding hydrogens is 296 g/mol. The van der Waals surface area contributed by atoms with Crippen molar-refractivity contribution in [1.82, 2.24) is 19.5 Å². The number of H-pyrrole nitrogens is 1. The second kappa shape index (κ2) is 6.45. The lowest BCUT2D eigenvalue weighted by atomic mass is 10.1. The van der Waals surface area contributed by atoms with Gasteiger partial charge in [-0.05, 0) is 0 Å². The fraction of sp³-hybridized carbons (Fsp3) is 0.188. The van der Waals surface area contributed by atoms with Gasteiger partial charge in [-0.25, -0.2) is 14.8 Å². The van der Waals surface area contributed by atoms with Crippen molar-refractivity contribution in [3.8, 4) is 22.8 Å². The van der Waals surface area contributed by atoms with Gasteiger partial charge >= 0.3 is 5.97 Å². The average Bonchev–Trinajstić information content (AvgIpc) is 3.22. The maximum atomic E-state index is 10.8. The van der Waals surface area contributed by atoms with Crippen molar-refractivity contribution in [1.29, 1.82) is 0 Å². The second-order valence-corrected chi connectivity index (χ2v) is 5.08. The average molecular weight is 312 g/mol. The standard InChI is InChI=1S/C16H16N4O3/c21-12(16(22)23)6-9-20-10-19-13(11-4-2-1-3-5-11)14(20)15-17-7-8-18-15/h1-5,7-8,10,12,21H,6,9H2,(H,17,18)(H,22,23)/t12-/m0/s1. The number of carbonyl (C=O) groups is 1. The molecular formula is C16H16N4O3. The minimum absolute atomic E-state index is 0.0909. The van der Waals surface area contributed by atoms with Gasteiger partial charge in [-0.15, -0.1) is 0 Å². The van der Waals surface area contributed by atoms with Crippen LogP contribution in [0.5, 0.6) is 0 Å². The number of hydrogen-bond donors (Lipinski definition) is 3. The fourth-order valence-corrected chi connectivity index (χ4v) is 2.39. The van der Waals surface area contributed by atoms with Crippen molar-refractivity contribution in [2.75, 3.05) is 0 Å². The first-order chi connectivity index (χ1) is 11.2. The Bertz CT molecular complexity index is 781. The molecule has 118 valence electrons. The zero-order valence-electron chi connectivity index (χ0n) is 12.3. The number of aliphatic carboxylic acids is 1. The van der Waals surface area contributed by atoms with Crippen LogP contribution in [-0.2, 0) is 11.3 Å². The van der Waals surface area contributed by atoms with E-state index in [1.807, 2.05) is 30.3 Å². The molecule has 2 heterocycles. The first-order valence-corrected chi connectivity index (χ1v) is 7.18. The molecule has 0 saturated carbocycles. The van der Waals surface area contributed by atoms with Crippen molar-refractivity contribution in [2.24, 2.45) is 0 Å². The number of hydrogen-bond acceptors (Lipinski definition) is 4. The molecule has 3 rings (SSSR count). The van der Waals surface area contributed by atoms with E-state index < -0.39 is 12.1 Å². The highest BCUT2D eigenvalue weighted by Gasteiger charge is 2.19. The van der Waals surface area contributed by atoms with Gasteiger partial charge in [-0.1, -0.05) is 30.3 Å². The lowest BCUT2D eigenvalue weighted by Gasteiger charge is -2.10. The molecule has 0 bridgehead atoms. The highest BCUT2D eigenvalue weighted by atomic mass is 16.4. The molecule has 0 aliphatic rings.